The molecule has 2 aromatic rings. The van der Waals surface area contributed by atoms with Gasteiger partial charge in [0.25, 0.3) is 6.01 Å². The monoisotopic (exact) mass is 371 g/mol. The summed E-state index contributed by atoms with van der Waals surface area (Å²) in [6.45, 7) is 3.46. The van der Waals surface area contributed by atoms with Crippen LogP contribution in [0.25, 0.3) is 11.0 Å². The van der Waals surface area contributed by atoms with E-state index >= 15 is 0 Å². The Hall–Kier alpha value is -1.08. The Morgan fingerprint density at radius 3 is 2.90 bits per heavy atom. The molecule has 1 fully saturated rings. The summed E-state index contributed by atoms with van der Waals surface area (Å²) in [5, 5.41) is 0. The van der Waals surface area contributed by atoms with E-state index in [0.29, 0.717) is 12.6 Å². The van der Waals surface area contributed by atoms with Crippen molar-refractivity contribution in [2.75, 3.05) is 17.6 Å². The maximum Gasteiger partial charge on any atom is 0.297 e. The largest absolute Gasteiger partial charge is 0.465 e. The van der Waals surface area contributed by atoms with Crippen molar-refractivity contribution in [2.45, 2.75) is 26.3 Å². The van der Waals surface area contributed by atoms with Gasteiger partial charge in [-0.25, -0.2) is 4.21 Å². The van der Waals surface area contributed by atoms with Crippen molar-refractivity contribution >= 4 is 43.6 Å². The molecule has 5 nitrogen and oxygen atoms in total. The highest BCUT2D eigenvalue weighted by Crippen LogP contribution is 2.36. The van der Waals surface area contributed by atoms with Crippen LogP contribution >= 0.6 is 15.9 Å². The average molecular weight is 372 g/mol. The predicted octanol–water partition coefficient (Wildman–Crippen LogP) is 3.31. The quantitative estimate of drug-likeness (QED) is 0.847. The van der Waals surface area contributed by atoms with E-state index in [1.54, 1.807) is 6.26 Å². The number of hydrogen-bond donors (Lipinski definition) is 1. The maximum absolute atomic E-state index is 11.5. The molecule has 1 aliphatic rings. The second kappa shape index (κ2) is 5.96. The van der Waals surface area contributed by atoms with Crippen molar-refractivity contribution in [2.24, 2.45) is 5.92 Å². The van der Waals surface area contributed by atoms with Gasteiger partial charge < -0.3 is 9.46 Å². The zero-order valence-corrected chi connectivity index (χ0v) is 14.5. The second-order valence-electron chi connectivity index (χ2n) is 5.26. The standard InChI is InChI=1S/C14H18BrN3O2S/c1-3-20-14-16-13-11(17-21(2)19)6-10(15)7-12(13)18(14)8-9-4-5-9/h6-7,9,17H,3-5,8H2,1-2H3. The molecule has 0 amide bonds. The molecule has 114 valence electrons. The molecule has 1 saturated carbocycles. The number of hydrogen-bond acceptors (Lipinski definition) is 3. The van der Waals surface area contributed by atoms with Crippen LogP contribution in [0.15, 0.2) is 16.6 Å². The minimum absolute atomic E-state index is 0.581. The highest BCUT2D eigenvalue weighted by Gasteiger charge is 2.25. The Bertz CT molecular complexity index is 697. The molecule has 1 N–H and O–H groups in total. The predicted molar refractivity (Wildman–Crippen MR) is 89.0 cm³/mol. The summed E-state index contributed by atoms with van der Waals surface area (Å²) in [5.41, 5.74) is 2.57. The van der Waals surface area contributed by atoms with Gasteiger partial charge in [-0.15, -0.1) is 0 Å². The highest BCUT2D eigenvalue weighted by atomic mass is 79.9. The minimum Gasteiger partial charge on any atom is -0.465 e. The van der Waals surface area contributed by atoms with E-state index in [-0.39, 0.29) is 0 Å². The van der Waals surface area contributed by atoms with Crippen molar-refractivity contribution in [3.8, 4) is 6.01 Å². The number of anilines is 1. The Balaban J connectivity index is 2.14. The zero-order valence-electron chi connectivity index (χ0n) is 12.1. The molecule has 0 spiro atoms. The molecule has 1 aromatic heterocycles. The summed E-state index contributed by atoms with van der Waals surface area (Å²) in [6, 6.07) is 4.58. The number of benzene rings is 1. The minimum atomic E-state index is -1.14. The fourth-order valence-electron chi connectivity index (χ4n) is 2.37. The summed E-state index contributed by atoms with van der Waals surface area (Å²) in [6.07, 6.45) is 4.14. The van der Waals surface area contributed by atoms with Gasteiger partial charge in [0.2, 0.25) is 0 Å². The Labute approximate surface area is 134 Å². The molecule has 0 bridgehead atoms. The van der Waals surface area contributed by atoms with Crippen molar-refractivity contribution in [1.29, 1.82) is 0 Å². The van der Waals surface area contributed by atoms with E-state index in [1.165, 1.54) is 12.8 Å². The van der Waals surface area contributed by atoms with Crippen LogP contribution in [0.1, 0.15) is 19.8 Å². The van der Waals surface area contributed by atoms with Gasteiger partial charge in [0, 0.05) is 17.3 Å². The first-order valence-electron chi connectivity index (χ1n) is 7.01. The summed E-state index contributed by atoms with van der Waals surface area (Å²) in [4.78, 5) is 4.60. The summed E-state index contributed by atoms with van der Waals surface area (Å²) < 4.78 is 23.2. The zero-order chi connectivity index (χ0) is 15.0. The average Bonchev–Trinajstić information content (AvgIpc) is 3.15. The van der Waals surface area contributed by atoms with Crippen LogP contribution in [0.4, 0.5) is 5.69 Å². The number of rotatable bonds is 6. The molecule has 0 saturated heterocycles. The van der Waals surface area contributed by atoms with Gasteiger partial charge in [-0.1, -0.05) is 15.9 Å². The van der Waals surface area contributed by atoms with E-state index < -0.39 is 11.0 Å². The van der Waals surface area contributed by atoms with Crippen LogP contribution in [0.2, 0.25) is 0 Å². The number of aromatic nitrogens is 2. The van der Waals surface area contributed by atoms with E-state index in [0.717, 1.165) is 33.7 Å². The third kappa shape index (κ3) is 3.23. The van der Waals surface area contributed by atoms with Gasteiger partial charge in [-0.05, 0) is 37.8 Å². The van der Waals surface area contributed by atoms with Crippen molar-refractivity contribution in [3.63, 3.8) is 0 Å². The molecule has 1 unspecified atom stereocenters. The molecule has 1 aliphatic carbocycles. The summed E-state index contributed by atoms with van der Waals surface area (Å²) >= 11 is 3.52. The molecule has 1 aromatic carbocycles. The molecule has 1 heterocycles. The number of nitrogens with zero attached hydrogens (tertiary/aromatic N) is 2. The van der Waals surface area contributed by atoms with Crippen molar-refractivity contribution in [1.82, 2.24) is 9.55 Å². The maximum atomic E-state index is 11.5. The van der Waals surface area contributed by atoms with Crippen molar-refractivity contribution in [3.05, 3.63) is 16.6 Å². The first kappa shape index (κ1) is 14.8. The van der Waals surface area contributed by atoms with Crippen LogP contribution in [-0.2, 0) is 17.5 Å². The number of imidazole rings is 1. The summed E-state index contributed by atoms with van der Waals surface area (Å²) in [7, 11) is -1.14. The van der Waals surface area contributed by atoms with E-state index in [2.05, 4.69) is 30.2 Å². The second-order valence-corrected chi connectivity index (χ2v) is 7.29. The summed E-state index contributed by atoms with van der Waals surface area (Å²) in [5.74, 6) is 0.720. The SMILES string of the molecule is CCOc1nc2c(NS(C)=O)cc(Br)cc2n1CC1CC1. The Morgan fingerprint density at radius 1 is 1.52 bits per heavy atom. The lowest BCUT2D eigenvalue weighted by Gasteiger charge is -2.09. The third-order valence-corrected chi connectivity index (χ3v) is 4.41. The van der Waals surface area contributed by atoms with Crippen molar-refractivity contribution < 1.29 is 8.95 Å². The lowest BCUT2D eigenvalue weighted by Crippen LogP contribution is -2.05. The number of fused-ring (bicyclic) bond motifs is 1. The molecular weight excluding hydrogens is 354 g/mol. The number of ether oxygens (including phenoxy) is 1. The van der Waals surface area contributed by atoms with E-state index in [9.17, 15) is 4.21 Å². The number of nitrogens with one attached hydrogen (secondary N) is 1. The smallest absolute Gasteiger partial charge is 0.297 e. The lowest BCUT2D eigenvalue weighted by molar-refractivity contribution is 0.296. The molecule has 0 radical (unpaired) electrons. The third-order valence-electron chi connectivity index (χ3n) is 3.45. The van der Waals surface area contributed by atoms with Crippen LogP contribution < -0.4 is 9.46 Å². The molecule has 3 rings (SSSR count). The topological polar surface area (TPSA) is 56.1 Å². The normalized spacial score (nSPS) is 16.1. The van der Waals surface area contributed by atoms with Gasteiger partial charge >= 0.3 is 0 Å². The molecular formula is C14H18BrN3O2S. The fourth-order valence-corrected chi connectivity index (χ4v) is 3.29. The lowest BCUT2D eigenvalue weighted by atomic mass is 10.2. The first-order chi connectivity index (χ1) is 10.1. The Morgan fingerprint density at radius 2 is 2.29 bits per heavy atom. The molecule has 0 aliphatic heterocycles. The van der Waals surface area contributed by atoms with Gasteiger partial charge in [-0.2, -0.15) is 4.98 Å². The molecule has 21 heavy (non-hydrogen) atoms. The van der Waals surface area contributed by atoms with Gasteiger partial charge in [0.1, 0.15) is 16.5 Å². The Kier molecular flexibility index (Phi) is 4.21. The fraction of sp³-hybridized carbons (Fsp3) is 0.500. The van der Waals surface area contributed by atoms with Gasteiger partial charge in [0.05, 0.1) is 17.8 Å². The van der Waals surface area contributed by atoms with E-state index in [4.69, 9.17) is 4.74 Å². The molecule has 1 atom stereocenters. The van der Waals surface area contributed by atoms with Crippen LogP contribution in [0.3, 0.4) is 0 Å². The molecule has 7 heteroatoms. The van der Waals surface area contributed by atoms with Crippen LogP contribution in [-0.4, -0.2) is 26.6 Å². The number of halogens is 1. The first-order valence-corrected chi connectivity index (χ1v) is 9.36. The van der Waals surface area contributed by atoms with Gasteiger partial charge in [-0.3, -0.25) is 4.57 Å². The van der Waals surface area contributed by atoms with E-state index in [1.807, 2.05) is 19.1 Å². The van der Waals surface area contributed by atoms with Crippen LogP contribution in [0.5, 0.6) is 6.01 Å². The highest BCUT2D eigenvalue weighted by molar-refractivity contribution is 9.10. The van der Waals surface area contributed by atoms with Crippen LogP contribution in [0, 0.1) is 5.92 Å². The van der Waals surface area contributed by atoms with Gasteiger partial charge in [0.15, 0.2) is 0 Å².